The van der Waals surface area contributed by atoms with Gasteiger partial charge >= 0.3 is 18.1 Å². The minimum absolute atomic E-state index is 0.158. The lowest BCUT2D eigenvalue weighted by atomic mass is 10.0. The van der Waals surface area contributed by atoms with Crippen LogP contribution in [0.2, 0.25) is 0 Å². The number of esters is 2. The van der Waals surface area contributed by atoms with Crippen molar-refractivity contribution in [3.05, 3.63) is 35.4 Å². The van der Waals surface area contributed by atoms with Crippen LogP contribution in [0, 0.1) is 0 Å². The molecule has 0 unspecified atom stereocenters. The predicted octanol–water partition coefficient (Wildman–Crippen LogP) is 2.89. The third kappa shape index (κ3) is 4.75. The van der Waals surface area contributed by atoms with E-state index in [4.69, 9.17) is 4.74 Å². The summed E-state index contributed by atoms with van der Waals surface area (Å²) in [5.74, 6) is -1.05. The molecule has 0 radical (unpaired) electrons. The van der Waals surface area contributed by atoms with Crippen LogP contribution in [0.15, 0.2) is 24.3 Å². The Morgan fingerprint density at radius 3 is 2.41 bits per heavy atom. The molecule has 0 aromatic heterocycles. The number of hydrogen-bond donors (Lipinski definition) is 0. The van der Waals surface area contributed by atoms with E-state index >= 15 is 0 Å². The fourth-order valence-electron chi connectivity index (χ4n) is 2.16. The summed E-state index contributed by atoms with van der Waals surface area (Å²) < 4.78 is 47.1. The van der Waals surface area contributed by atoms with Crippen molar-refractivity contribution < 1.29 is 32.2 Å². The predicted molar refractivity (Wildman–Crippen MR) is 69.8 cm³/mol. The van der Waals surface area contributed by atoms with Crippen molar-refractivity contribution in [2.75, 3.05) is 6.61 Å². The van der Waals surface area contributed by atoms with Gasteiger partial charge in [0.15, 0.2) is 6.61 Å². The fourth-order valence-corrected chi connectivity index (χ4v) is 2.16. The van der Waals surface area contributed by atoms with Gasteiger partial charge in [-0.05, 0) is 37.0 Å². The normalized spacial score (nSPS) is 19.9. The van der Waals surface area contributed by atoms with Gasteiger partial charge in [0.1, 0.15) is 6.10 Å². The van der Waals surface area contributed by atoms with Gasteiger partial charge in [0, 0.05) is 6.42 Å². The summed E-state index contributed by atoms with van der Waals surface area (Å²) in [5.41, 5.74) is 0.0186. The molecular weight excluding hydrogens is 301 g/mol. The van der Waals surface area contributed by atoms with Crippen LogP contribution >= 0.6 is 0 Å². The van der Waals surface area contributed by atoms with Gasteiger partial charge in [-0.1, -0.05) is 12.1 Å². The van der Waals surface area contributed by atoms with E-state index in [-0.39, 0.29) is 6.42 Å². The summed E-state index contributed by atoms with van der Waals surface area (Å²) in [6.07, 6.45) is -3.36. The lowest BCUT2D eigenvalue weighted by Crippen LogP contribution is -2.27. The van der Waals surface area contributed by atoms with Crippen LogP contribution in [-0.4, -0.2) is 24.6 Å². The Bertz CT molecular complexity index is 537. The molecule has 120 valence electrons. The number of carbonyl (C=O) groups is 2. The molecule has 22 heavy (non-hydrogen) atoms. The second kappa shape index (κ2) is 6.81. The molecule has 0 saturated carbocycles. The fraction of sp³-hybridized carbons (Fsp3) is 0.467. The zero-order valence-corrected chi connectivity index (χ0v) is 11.7. The molecule has 1 aliphatic heterocycles. The number of rotatable bonds is 3. The van der Waals surface area contributed by atoms with Crippen LogP contribution in [0.1, 0.15) is 30.4 Å². The number of alkyl halides is 3. The number of hydrogen-bond acceptors (Lipinski definition) is 4. The highest BCUT2D eigenvalue weighted by atomic mass is 19.4. The first-order valence-electron chi connectivity index (χ1n) is 6.86. The van der Waals surface area contributed by atoms with Gasteiger partial charge in [-0.3, -0.25) is 4.79 Å². The molecule has 1 aromatic rings. The maximum Gasteiger partial charge on any atom is 0.416 e. The molecule has 1 aromatic carbocycles. The first-order valence-corrected chi connectivity index (χ1v) is 6.86. The Hall–Kier alpha value is -2.05. The first-order chi connectivity index (χ1) is 10.3. The monoisotopic (exact) mass is 316 g/mol. The smallest absolute Gasteiger partial charge is 0.416 e. The van der Waals surface area contributed by atoms with Crippen molar-refractivity contribution in [1.29, 1.82) is 0 Å². The van der Waals surface area contributed by atoms with Crippen molar-refractivity contribution >= 4 is 11.9 Å². The lowest BCUT2D eigenvalue weighted by Gasteiger charge is -2.20. The number of benzene rings is 1. The van der Waals surface area contributed by atoms with Gasteiger partial charge in [-0.15, -0.1) is 0 Å². The maximum atomic E-state index is 12.5. The van der Waals surface area contributed by atoms with Crippen LogP contribution in [0.25, 0.3) is 0 Å². The third-order valence-electron chi connectivity index (χ3n) is 3.36. The standard InChI is InChI=1S/C15H15F3O4/c16-15(17,18)11-4-1-10(2-5-11)3-6-12-7-8-13(19)21-9-14(20)22-12/h1-2,4-5,12H,3,6-9H2/t12-/m0/s1. The van der Waals surface area contributed by atoms with Gasteiger partial charge in [0.05, 0.1) is 5.56 Å². The van der Waals surface area contributed by atoms with E-state index in [1.165, 1.54) is 12.1 Å². The molecule has 1 saturated heterocycles. The number of carbonyl (C=O) groups excluding carboxylic acids is 2. The minimum atomic E-state index is -4.35. The number of halogens is 3. The largest absolute Gasteiger partial charge is 0.460 e. The Morgan fingerprint density at radius 2 is 1.77 bits per heavy atom. The van der Waals surface area contributed by atoms with Crippen molar-refractivity contribution in [2.45, 2.75) is 38.0 Å². The summed E-state index contributed by atoms with van der Waals surface area (Å²) in [7, 11) is 0. The van der Waals surface area contributed by atoms with E-state index in [0.29, 0.717) is 24.8 Å². The molecule has 0 aliphatic carbocycles. The van der Waals surface area contributed by atoms with E-state index in [9.17, 15) is 22.8 Å². The summed E-state index contributed by atoms with van der Waals surface area (Å²) >= 11 is 0. The Labute approximate surface area is 125 Å². The van der Waals surface area contributed by atoms with E-state index in [0.717, 1.165) is 12.1 Å². The average molecular weight is 316 g/mol. The molecular formula is C15H15F3O4. The highest BCUT2D eigenvalue weighted by molar-refractivity contribution is 5.77. The zero-order chi connectivity index (χ0) is 16.2. The molecule has 1 heterocycles. The molecule has 0 amide bonds. The Kier molecular flexibility index (Phi) is 5.05. The lowest BCUT2D eigenvalue weighted by molar-refractivity contribution is -0.167. The quantitative estimate of drug-likeness (QED) is 0.805. The highest BCUT2D eigenvalue weighted by Gasteiger charge is 2.30. The van der Waals surface area contributed by atoms with Gasteiger partial charge in [-0.2, -0.15) is 13.2 Å². The van der Waals surface area contributed by atoms with Crippen LogP contribution in [0.4, 0.5) is 13.2 Å². The number of ether oxygens (including phenoxy) is 2. The van der Waals surface area contributed by atoms with Gasteiger partial charge in [0.25, 0.3) is 0 Å². The highest BCUT2D eigenvalue weighted by Crippen LogP contribution is 2.29. The molecule has 1 aliphatic rings. The Morgan fingerprint density at radius 1 is 1.09 bits per heavy atom. The summed E-state index contributed by atoms with van der Waals surface area (Å²) in [6, 6.07) is 4.86. The number of cyclic esters (lactones) is 2. The van der Waals surface area contributed by atoms with Crippen LogP contribution in [0.3, 0.4) is 0 Å². The topological polar surface area (TPSA) is 52.6 Å². The second-order valence-electron chi connectivity index (χ2n) is 5.04. The molecule has 0 bridgehead atoms. The molecule has 0 N–H and O–H groups in total. The molecule has 1 fully saturated rings. The molecule has 4 nitrogen and oxygen atoms in total. The molecule has 7 heteroatoms. The molecule has 2 rings (SSSR count). The Balaban J connectivity index is 1.91. The number of aryl methyl sites for hydroxylation is 1. The summed E-state index contributed by atoms with van der Waals surface area (Å²) in [4.78, 5) is 22.5. The van der Waals surface area contributed by atoms with Gasteiger partial charge in [0.2, 0.25) is 0 Å². The van der Waals surface area contributed by atoms with Gasteiger partial charge < -0.3 is 9.47 Å². The van der Waals surface area contributed by atoms with Crippen molar-refractivity contribution in [1.82, 2.24) is 0 Å². The van der Waals surface area contributed by atoms with Crippen molar-refractivity contribution in [3.8, 4) is 0 Å². The van der Waals surface area contributed by atoms with Crippen molar-refractivity contribution in [3.63, 3.8) is 0 Å². The van der Waals surface area contributed by atoms with Crippen LogP contribution < -0.4 is 0 Å². The van der Waals surface area contributed by atoms with Gasteiger partial charge in [-0.25, -0.2) is 4.79 Å². The first kappa shape index (κ1) is 16.3. The van der Waals surface area contributed by atoms with E-state index in [1.807, 2.05) is 0 Å². The van der Waals surface area contributed by atoms with Crippen LogP contribution in [-0.2, 0) is 31.7 Å². The zero-order valence-electron chi connectivity index (χ0n) is 11.7. The average Bonchev–Trinajstić information content (AvgIpc) is 2.46. The van der Waals surface area contributed by atoms with E-state index in [1.54, 1.807) is 0 Å². The van der Waals surface area contributed by atoms with E-state index in [2.05, 4.69) is 4.74 Å². The summed E-state index contributed by atoms with van der Waals surface area (Å²) in [5, 5.41) is 0. The minimum Gasteiger partial charge on any atom is -0.460 e. The molecule has 0 spiro atoms. The molecule has 1 atom stereocenters. The maximum absolute atomic E-state index is 12.5. The second-order valence-corrected chi connectivity index (χ2v) is 5.04. The summed E-state index contributed by atoms with van der Waals surface area (Å²) in [6.45, 7) is -0.393. The van der Waals surface area contributed by atoms with E-state index < -0.39 is 36.4 Å². The van der Waals surface area contributed by atoms with Crippen molar-refractivity contribution in [2.24, 2.45) is 0 Å². The SMILES string of the molecule is O=C1CC[C@H](CCc2ccc(C(F)(F)F)cc2)OC(=O)CO1. The van der Waals surface area contributed by atoms with Crippen LogP contribution in [0.5, 0.6) is 0 Å². The third-order valence-corrected chi connectivity index (χ3v) is 3.36.